The highest BCUT2D eigenvalue weighted by Gasteiger charge is 2.20. The van der Waals surface area contributed by atoms with Crippen molar-refractivity contribution >= 4 is 23.4 Å². The zero-order valence-electron chi connectivity index (χ0n) is 21.0. The van der Waals surface area contributed by atoms with Gasteiger partial charge in [0.05, 0.1) is 39.2 Å². The lowest BCUT2D eigenvalue weighted by molar-refractivity contribution is -0.116. The van der Waals surface area contributed by atoms with Crippen molar-refractivity contribution in [2.45, 2.75) is 26.2 Å². The highest BCUT2D eigenvalue weighted by molar-refractivity contribution is 5.91. The number of fused-ring (bicyclic) bond motifs is 1. The van der Waals surface area contributed by atoms with E-state index in [4.69, 9.17) is 18.9 Å². The normalized spacial score (nSPS) is 11.5. The minimum atomic E-state index is -0.123. The van der Waals surface area contributed by atoms with Crippen molar-refractivity contribution in [3.63, 3.8) is 0 Å². The maximum absolute atomic E-state index is 12.6. The Morgan fingerprint density at radius 1 is 0.944 bits per heavy atom. The Hall–Kier alpha value is -4.34. The molecule has 0 fully saturated rings. The molecule has 0 aliphatic rings. The van der Waals surface area contributed by atoms with E-state index in [0.717, 1.165) is 18.4 Å². The standard InChI is InChI=1S/C26H29N5O5/c1-6-7-8-23(32)27-24-20(13-16-9-10-18(34-3)15-22(16)36-5)26-29-28-25(31(26)30-24)19-14-17(33-2)11-12-21(19)35-4/h9-15H,6-8H2,1-5H3,(H,27,30,32)/b20-13-. The summed E-state index contributed by atoms with van der Waals surface area (Å²) < 4.78 is 23.4. The summed E-state index contributed by atoms with van der Waals surface area (Å²) in [6.07, 6.45) is 3.95. The minimum Gasteiger partial charge on any atom is -0.497 e. The molecule has 0 aliphatic heterocycles. The molecule has 0 spiro atoms. The summed E-state index contributed by atoms with van der Waals surface area (Å²) in [4.78, 5) is 12.6. The van der Waals surface area contributed by atoms with Gasteiger partial charge in [-0.3, -0.25) is 4.79 Å². The van der Waals surface area contributed by atoms with E-state index in [1.54, 1.807) is 57.2 Å². The second kappa shape index (κ2) is 10.9. The molecule has 0 saturated carbocycles. The van der Waals surface area contributed by atoms with Crippen molar-refractivity contribution in [3.05, 3.63) is 47.2 Å². The highest BCUT2D eigenvalue weighted by Crippen LogP contribution is 2.32. The van der Waals surface area contributed by atoms with E-state index in [1.807, 2.05) is 25.1 Å². The van der Waals surface area contributed by atoms with Crippen molar-refractivity contribution < 1.29 is 23.7 Å². The van der Waals surface area contributed by atoms with Gasteiger partial charge < -0.3 is 24.3 Å². The van der Waals surface area contributed by atoms with Gasteiger partial charge in [0, 0.05) is 18.1 Å². The van der Waals surface area contributed by atoms with Gasteiger partial charge in [-0.1, -0.05) is 13.3 Å². The summed E-state index contributed by atoms with van der Waals surface area (Å²) in [7, 11) is 6.35. The van der Waals surface area contributed by atoms with Gasteiger partial charge in [0.2, 0.25) is 5.91 Å². The molecule has 1 N–H and O–H groups in total. The predicted octanol–water partition coefficient (Wildman–Crippen LogP) is 3.50. The van der Waals surface area contributed by atoms with Crippen molar-refractivity contribution in [2.24, 2.45) is 0 Å². The molecule has 2 aromatic heterocycles. The van der Waals surface area contributed by atoms with Crippen LogP contribution in [0.4, 0.5) is 5.82 Å². The van der Waals surface area contributed by atoms with Crippen LogP contribution >= 0.6 is 0 Å². The number of rotatable bonds is 10. The summed E-state index contributed by atoms with van der Waals surface area (Å²) in [5.41, 5.74) is 1.89. The van der Waals surface area contributed by atoms with Crippen LogP contribution in [0.5, 0.6) is 23.0 Å². The molecule has 36 heavy (non-hydrogen) atoms. The summed E-state index contributed by atoms with van der Waals surface area (Å²) in [6.45, 7) is 2.04. The molecule has 2 aromatic carbocycles. The molecule has 10 heteroatoms. The van der Waals surface area contributed by atoms with E-state index in [2.05, 4.69) is 20.6 Å². The van der Waals surface area contributed by atoms with Crippen LogP contribution in [0.3, 0.4) is 0 Å². The third kappa shape index (κ3) is 4.88. The quantitative estimate of drug-likeness (QED) is 0.359. The number of aromatic nitrogens is 4. The number of hydrogen-bond donors (Lipinski definition) is 1. The number of unbranched alkanes of at least 4 members (excludes halogenated alkanes) is 1. The minimum absolute atomic E-state index is 0.123. The molecule has 0 unspecified atom stereocenters. The SMILES string of the molecule is CCCCC(=O)Nc1nn2c(-c3cc(OC)ccc3OC)nnc2/c1=C\c1ccc(OC)cc1OC. The van der Waals surface area contributed by atoms with Crippen LogP contribution in [-0.2, 0) is 4.79 Å². The number of methoxy groups -OCH3 is 4. The molecule has 0 saturated heterocycles. The van der Waals surface area contributed by atoms with E-state index >= 15 is 0 Å². The Bertz CT molecular complexity index is 1430. The fraction of sp³-hybridized carbons (Fsp3) is 0.308. The molecule has 1 amide bonds. The third-order valence-electron chi connectivity index (χ3n) is 5.74. The zero-order valence-corrected chi connectivity index (χ0v) is 21.0. The molecule has 0 atom stereocenters. The summed E-state index contributed by atoms with van der Waals surface area (Å²) in [6, 6.07) is 10.9. The average molecular weight is 492 g/mol. The average Bonchev–Trinajstić information content (AvgIpc) is 3.46. The Kier molecular flexibility index (Phi) is 7.53. The van der Waals surface area contributed by atoms with Gasteiger partial charge in [-0.15, -0.1) is 15.3 Å². The smallest absolute Gasteiger partial charge is 0.225 e. The van der Waals surface area contributed by atoms with Gasteiger partial charge >= 0.3 is 0 Å². The lowest BCUT2D eigenvalue weighted by Gasteiger charge is -2.08. The lowest BCUT2D eigenvalue weighted by atomic mass is 10.1. The van der Waals surface area contributed by atoms with Crippen molar-refractivity contribution in [1.82, 2.24) is 19.8 Å². The number of ether oxygens (including phenoxy) is 4. The molecule has 0 bridgehead atoms. The maximum Gasteiger partial charge on any atom is 0.225 e. The third-order valence-corrected chi connectivity index (χ3v) is 5.74. The Morgan fingerprint density at radius 2 is 1.67 bits per heavy atom. The molecule has 188 valence electrons. The summed E-state index contributed by atoms with van der Waals surface area (Å²) in [5, 5.41) is 17.0. The first-order valence-corrected chi connectivity index (χ1v) is 11.5. The number of hydrogen-bond acceptors (Lipinski definition) is 8. The van der Waals surface area contributed by atoms with Crippen LogP contribution in [0.25, 0.3) is 23.1 Å². The van der Waals surface area contributed by atoms with Crippen LogP contribution < -0.4 is 29.5 Å². The lowest BCUT2D eigenvalue weighted by Crippen LogP contribution is -2.17. The molecule has 0 aliphatic carbocycles. The number of carbonyl (C=O) groups excluding carboxylic acids is 1. The van der Waals surface area contributed by atoms with Crippen molar-refractivity contribution in [1.29, 1.82) is 0 Å². The summed E-state index contributed by atoms with van der Waals surface area (Å²) in [5.74, 6) is 3.19. The molecular weight excluding hydrogens is 462 g/mol. The monoisotopic (exact) mass is 491 g/mol. The molecule has 4 aromatic rings. The number of carbonyl (C=O) groups is 1. The summed E-state index contributed by atoms with van der Waals surface area (Å²) >= 11 is 0. The van der Waals surface area contributed by atoms with Gasteiger partial charge in [-0.25, -0.2) is 0 Å². The highest BCUT2D eigenvalue weighted by atomic mass is 16.5. The fourth-order valence-corrected chi connectivity index (χ4v) is 3.81. The number of nitrogens with one attached hydrogen (secondary N) is 1. The zero-order chi connectivity index (χ0) is 25.7. The predicted molar refractivity (Wildman–Crippen MR) is 136 cm³/mol. The Labute approximate surface area is 208 Å². The van der Waals surface area contributed by atoms with Crippen LogP contribution in [-0.4, -0.2) is 54.2 Å². The van der Waals surface area contributed by atoms with E-state index in [0.29, 0.717) is 57.5 Å². The topological polar surface area (TPSA) is 109 Å². The van der Waals surface area contributed by atoms with Crippen LogP contribution in [0, 0.1) is 0 Å². The van der Waals surface area contributed by atoms with Crippen LogP contribution in [0.2, 0.25) is 0 Å². The first-order valence-electron chi connectivity index (χ1n) is 11.5. The number of nitrogens with zero attached hydrogens (tertiary/aromatic N) is 4. The molecular formula is C26H29N5O5. The number of anilines is 1. The Balaban J connectivity index is 1.92. The second-order valence-electron chi connectivity index (χ2n) is 7.99. The van der Waals surface area contributed by atoms with E-state index < -0.39 is 0 Å². The molecule has 0 radical (unpaired) electrons. The van der Waals surface area contributed by atoms with Gasteiger partial charge in [0.25, 0.3) is 0 Å². The van der Waals surface area contributed by atoms with E-state index in [-0.39, 0.29) is 5.91 Å². The van der Waals surface area contributed by atoms with Crippen molar-refractivity contribution in [2.75, 3.05) is 33.8 Å². The number of amides is 1. The van der Waals surface area contributed by atoms with Gasteiger partial charge in [-0.2, -0.15) is 4.52 Å². The molecule has 10 nitrogen and oxygen atoms in total. The largest absolute Gasteiger partial charge is 0.497 e. The number of benzene rings is 2. The Morgan fingerprint density at radius 3 is 2.36 bits per heavy atom. The van der Waals surface area contributed by atoms with E-state index in [1.165, 1.54) is 0 Å². The maximum atomic E-state index is 12.6. The molecule has 4 rings (SSSR count). The van der Waals surface area contributed by atoms with Crippen molar-refractivity contribution in [3.8, 4) is 34.4 Å². The van der Waals surface area contributed by atoms with Gasteiger partial charge in [0.15, 0.2) is 17.3 Å². The first kappa shape index (κ1) is 24.8. The van der Waals surface area contributed by atoms with Gasteiger partial charge in [-0.05, 0) is 42.8 Å². The van der Waals surface area contributed by atoms with Crippen LogP contribution in [0.15, 0.2) is 36.4 Å². The first-order chi connectivity index (χ1) is 17.5. The van der Waals surface area contributed by atoms with E-state index in [9.17, 15) is 4.79 Å². The second-order valence-corrected chi connectivity index (χ2v) is 7.99. The van der Waals surface area contributed by atoms with Gasteiger partial charge in [0.1, 0.15) is 23.0 Å². The van der Waals surface area contributed by atoms with Crippen LogP contribution in [0.1, 0.15) is 31.7 Å². The fourth-order valence-electron chi connectivity index (χ4n) is 3.81. The molecule has 2 heterocycles.